The highest BCUT2D eigenvalue weighted by molar-refractivity contribution is 6.46. The zero-order chi connectivity index (χ0) is 23.2. The molecule has 8 nitrogen and oxygen atoms in total. The molecule has 0 bridgehead atoms. The lowest BCUT2D eigenvalue weighted by Crippen LogP contribution is -2.31. The van der Waals surface area contributed by atoms with Gasteiger partial charge in [0.1, 0.15) is 18.1 Å². The Kier molecular flexibility index (Phi) is 6.64. The van der Waals surface area contributed by atoms with Crippen LogP contribution in [0.15, 0.2) is 85.7 Å². The number of benzene rings is 1. The molecule has 4 rings (SSSR count). The Balaban J connectivity index is 1.73. The van der Waals surface area contributed by atoms with E-state index in [4.69, 9.17) is 4.74 Å². The van der Waals surface area contributed by atoms with Crippen LogP contribution in [0.4, 0.5) is 0 Å². The first kappa shape index (κ1) is 22.0. The average molecular weight is 444 g/mol. The van der Waals surface area contributed by atoms with Gasteiger partial charge in [0.05, 0.1) is 17.9 Å². The van der Waals surface area contributed by atoms with E-state index in [0.29, 0.717) is 43.0 Å². The van der Waals surface area contributed by atoms with Crippen molar-refractivity contribution in [2.45, 2.75) is 19.0 Å². The normalized spacial score (nSPS) is 17.3. The van der Waals surface area contributed by atoms with Crippen LogP contribution in [-0.2, 0) is 16.1 Å². The van der Waals surface area contributed by atoms with Gasteiger partial charge in [-0.2, -0.15) is 0 Å². The number of hydrogen-bond donors (Lipinski definition) is 1. The molecule has 1 aliphatic rings. The molecule has 3 aromatic rings. The number of aliphatic hydroxyl groups is 1. The lowest BCUT2D eigenvalue weighted by Gasteiger charge is -2.25. The second kappa shape index (κ2) is 9.95. The zero-order valence-corrected chi connectivity index (χ0v) is 18.0. The van der Waals surface area contributed by atoms with Gasteiger partial charge < -0.3 is 19.3 Å². The number of aryl methyl sites for hydroxylation is 1. The molecule has 1 aromatic carbocycles. The third-order valence-electron chi connectivity index (χ3n) is 5.41. The predicted molar refractivity (Wildman–Crippen MR) is 122 cm³/mol. The van der Waals surface area contributed by atoms with Crippen molar-refractivity contribution in [2.24, 2.45) is 0 Å². The van der Waals surface area contributed by atoms with E-state index in [1.807, 2.05) is 16.8 Å². The van der Waals surface area contributed by atoms with Crippen molar-refractivity contribution in [3.63, 3.8) is 0 Å². The molecule has 0 saturated carbocycles. The summed E-state index contributed by atoms with van der Waals surface area (Å²) in [6.07, 6.45) is 10.5. The number of rotatable bonds is 9. The molecule has 1 N–H and O–H groups in total. The molecule has 33 heavy (non-hydrogen) atoms. The van der Waals surface area contributed by atoms with Crippen molar-refractivity contribution in [1.82, 2.24) is 19.4 Å². The van der Waals surface area contributed by atoms with Gasteiger partial charge in [0.2, 0.25) is 0 Å². The van der Waals surface area contributed by atoms with Crippen LogP contribution in [-0.4, -0.2) is 49.4 Å². The van der Waals surface area contributed by atoms with Crippen LogP contribution in [0.25, 0.3) is 5.76 Å². The van der Waals surface area contributed by atoms with Gasteiger partial charge >= 0.3 is 0 Å². The summed E-state index contributed by atoms with van der Waals surface area (Å²) in [6, 6.07) is 9.65. The number of ether oxygens (including phenoxy) is 1. The molecule has 2 aromatic heterocycles. The van der Waals surface area contributed by atoms with Gasteiger partial charge in [-0.3, -0.25) is 14.6 Å². The van der Waals surface area contributed by atoms with Crippen LogP contribution in [0, 0.1) is 0 Å². The maximum absolute atomic E-state index is 13.1. The average Bonchev–Trinajstić information content (AvgIpc) is 3.45. The Labute approximate surface area is 191 Å². The first-order valence-electron chi connectivity index (χ1n) is 10.6. The second-order valence-electron chi connectivity index (χ2n) is 7.55. The fourth-order valence-electron chi connectivity index (χ4n) is 3.89. The minimum Gasteiger partial charge on any atom is -0.507 e. The maximum atomic E-state index is 13.1. The maximum Gasteiger partial charge on any atom is 0.295 e. The number of hydrogen-bond acceptors (Lipinski definition) is 6. The van der Waals surface area contributed by atoms with Crippen LogP contribution >= 0.6 is 0 Å². The number of nitrogens with zero attached hydrogens (tertiary/aromatic N) is 4. The second-order valence-corrected chi connectivity index (χ2v) is 7.55. The van der Waals surface area contributed by atoms with Crippen molar-refractivity contribution in [3.8, 4) is 5.75 Å². The van der Waals surface area contributed by atoms with E-state index in [-0.39, 0.29) is 11.3 Å². The number of aliphatic hydroxyl groups excluding tert-OH is 1. The third kappa shape index (κ3) is 4.69. The molecule has 1 unspecified atom stereocenters. The van der Waals surface area contributed by atoms with Crippen molar-refractivity contribution in [1.29, 1.82) is 0 Å². The summed E-state index contributed by atoms with van der Waals surface area (Å²) in [5.74, 6) is -0.997. The SMILES string of the molecule is C=CCOc1cccc(C2C(=C(O)c3ccncc3)C(=O)C(=O)N2CCCn2ccnc2)c1. The molecule has 1 fully saturated rings. The van der Waals surface area contributed by atoms with E-state index in [0.717, 1.165) is 0 Å². The number of carbonyl (C=O) groups is 2. The van der Waals surface area contributed by atoms with E-state index in [1.54, 1.807) is 48.9 Å². The van der Waals surface area contributed by atoms with Gasteiger partial charge in [-0.25, -0.2) is 4.98 Å². The van der Waals surface area contributed by atoms with E-state index in [2.05, 4.69) is 16.5 Å². The van der Waals surface area contributed by atoms with Crippen LogP contribution in [0.1, 0.15) is 23.6 Å². The minimum absolute atomic E-state index is 0.0506. The van der Waals surface area contributed by atoms with Crippen molar-refractivity contribution in [2.75, 3.05) is 13.2 Å². The van der Waals surface area contributed by atoms with Gasteiger partial charge in [-0.1, -0.05) is 24.8 Å². The molecule has 1 aliphatic heterocycles. The van der Waals surface area contributed by atoms with Crippen molar-refractivity contribution >= 4 is 17.4 Å². The largest absolute Gasteiger partial charge is 0.507 e. The highest BCUT2D eigenvalue weighted by Crippen LogP contribution is 2.40. The number of ketones is 1. The standard InChI is InChI=1S/C25H24N4O4/c1-2-15-33-20-6-3-5-19(16-20)22-21(23(30)18-7-9-26-10-8-18)24(31)25(32)29(22)13-4-12-28-14-11-27-17-28/h2-3,5-11,14,16-17,22,30H,1,4,12-13,15H2. The van der Waals surface area contributed by atoms with Crippen molar-refractivity contribution < 1.29 is 19.4 Å². The Hall–Kier alpha value is -4.20. The molecule has 168 valence electrons. The molecule has 8 heteroatoms. The Morgan fingerprint density at radius 3 is 2.67 bits per heavy atom. The monoisotopic (exact) mass is 444 g/mol. The van der Waals surface area contributed by atoms with Crippen LogP contribution in [0.2, 0.25) is 0 Å². The molecule has 0 aliphatic carbocycles. The van der Waals surface area contributed by atoms with Gasteiger partial charge in [0.15, 0.2) is 0 Å². The van der Waals surface area contributed by atoms with Gasteiger partial charge in [0.25, 0.3) is 11.7 Å². The Morgan fingerprint density at radius 1 is 1.12 bits per heavy atom. The molecule has 1 amide bonds. The van der Waals surface area contributed by atoms with E-state index < -0.39 is 17.7 Å². The molecule has 1 atom stereocenters. The number of aromatic nitrogens is 3. The quantitative estimate of drug-likeness (QED) is 0.235. The molecule has 1 saturated heterocycles. The summed E-state index contributed by atoms with van der Waals surface area (Å²) in [5, 5.41) is 11.0. The lowest BCUT2D eigenvalue weighted by atomic mass is 9.95. The number of amides is 1. The summed E-state index contributed by atoms with van der Waals surface area (Å²) in [7, 11) is 0. The smallest absolute Gasteiger partial charge is 0.295 e. The summed E-state index contributed by atoms with van der Waals surface area (Å²) in [5.41, 5.74) is 1.15. The number of pyridine rings is 1. The summed E-state index contributed by atoms with van der Waals surface area (Å²) >= 11 is 0. The predicted octanol–water partition coefficient (Wildman–Crippen LogP) is 3.35. The lowest BCUT2D eigenvalue weighted by molar-refractivity contribution is -0.139. The Bertz CT molecular complexity index is 1170. The minimum atomic E-state index is -0.742. The third-order valence-corrected chi connectivity index (χ3v) is 5.41. The molecule has 0 spiro atoms. The van der Waals surface area contributed by atoms with Crippen LogP contribution in [0.3, 0.4) is 0 Å². The van der Waals surface area contributed by atoms with Crippen molar-refractivity contribution in [3.05, 3.63) is 96.9 Å². The van der Waals surface area contributed by atoms with Gasteiger partial charge in [-0.15, -0.1) is 0 Å². The van der Waals surface area contributed by atoms with Gasteiger partial charge in [-0.05, 0) is 36.2 Å². The van der Waals surface area contributed by atoms with E-state index >= 15 is 0 Å². The fraction of sp³-hybridized carbons (Fsp3) is 0.200. The number of carbonyl (C=O) groups excluding carboxylic acids is 2. The first-order valence-corrected chi connectivity index (χ1v) is 10.6. The van der Waals surface area contributed by atoms with Crippen LogP contribution < -0.4 is 4.74 Å². The number of imidazole rings is 1. The highest BCUT2D eigenvalue weighted by atomic mass is 16.5. The summed E-state index contributed by atoms with van der Waals surface area (Å²) in [6.45, 7) is 4.95. The van der Waals surface area contributed by atoms with Crippen LogP contribution in [0.5, 0.6) is 5.75 Å². The first-order chi connectivity index (χ1) is 16.1. The summed E-state index contributed by atoms with van der Waals surface area (Å²) < 4.78 is 7.56. The number of likely N-dealkylation sites (tertiary alicyclic amines) is 1. The number of Topliss-reactive ketones (excluding diaryl/α,β-unsaturated/α-hetero) is 1. The topological polar surface area (TPSA) is 97.5 Å². The fourth-order valence-corrected chi connectivity index (χ4v) is 3.89. The zero-order valence-electron chi connectivity index (χ0n) is 18.0. The molecular formula is C25H24N4O4. The van der Waals surface area contributed by atoms with E-state index in [9.17, 15) is 14.7 Å². The summed E-state index contributed by atoms with van der Waals surface area (Å²) in [4.78, 5) is 35.6. The van der Waals surface area contributed by atoms with E-state index in [1.165, 1.54) is 17.3 Å². The molecule has 0 radical (unpaired) electrons. The highest BCUT2D eigenvalue weighted by Gasteiger charge is 2.45. The van der Waals surface area contributed by atoms with Gasteiger partial charge in [0, 0.05) is 43.4 Å². The Morgan fingerprint density at radius 2 is 1.94 bits per heavy atom. The molecule has 3 heterocycles. The molecular weight excluding hydrogens is 420 g/mol.